The number of likely N-dealkylation sites (tertiary alicyclic amines) is 1. The molecule has 0 aromatic carbocycles. The van der Waals surface area contributed by atoms with E-state index in [2.05, 4.69) is 24.1 Å². The van der Waals surface area contributed by atoms with Gasteiger partial charge in [0.05, 0.1) is 16.1 Å². The maximum atomic E-state index is 12.5. The largest absolute Gasteiger partial charge is 0.323 e. The number of piperidine rings is 1. The highest BCUT2D eigenvalue weighted by Crippen LogP contribution is 2.28. The summed E-state index contributed by atoms with van der Waals surface area (Å²) in [6.07, 6.45) is 3.81. The van der Waals surface area contributed by atoms with Crippen molar-refractivity contribution in [1.29, 1.82) is 0 Å². The lowest BCUT2D eigenvalue weighted by molar-refractivity contribution is 0.171. The van der Waals surface area contributed by atoms with E-state index in [-0.39, 0.29) is 23.7 Å². The van der Waals surface area contributed by atoms with Crippen LogP contribution in [0.2, 0.25) is 0 Å². The molecule has 1 aliphatic heterocycles. The van der Waals surface area contributed by atoms with E-state index in [9.17, 15) is 13.2 Å². The molecule has 2 heterocycles. The van der Waals surface area contributed by atoms with Gasteiger partial charge in [-0.2, -0.15) is 0 Å². The third-order valence-corrected chi connectivity index (χ3v) is 5.85. The van der Waals surface area contributed by atoms with Crippen molar-refractivity contribution in [2.24, 2.45) is 0 Å². The molecule has 2 rings (SSSR count). The summed E-state index contributed by atoms with van der Waals surface area (Å²) in [5, 5.41) is 2.85. The first-order valence-corrected chi connectivity index (χ1v) is 10.4. The van der Waals surface area contributed by atoms with Crippen LogP contribution in [0, 0.1) is 0 Å². The number of nitrogens with zero attached hydrogens (tertiary/aromatic N) is 2. The third-order valence-electron chi connectivity index (χ3n) is 3.73. The molecule has 1 aliphatic rings. The fraction of sp³-hybridized carbons (Fsp3) is 0.714. The van der Waals surface area contributed by atoms with Gasteiger partial charge >= 0.3 is 6.03 Å². The van der Waals surface area contributed by atoms with Crippen LogP contribution in [-0.4, -0.2) is 48.9 Å². The quantitative estimate of drug-likeness (QED) is 0.910. The summed E-state index contributed by atoms with van der Waals surface area (Å²) in [5.41, 5.74) is 1.72. The van der Waals surface area contributed by atoms with E-state index in [1.165, 1.54) is 17.6 Å². The van der Waals surface area contributed by atoms with Gasteiger partial charge in [0.25, 0.3) is 0 Å². The average Bonchev–Trinajstić information content (AvgIpc) is 2.85. The Balaban J connectivity index is 2.10. The number of hydrogen-bond donors (Lipinski definition) is 1. The number of thiazole rings is 1. The van der Waals surface area contributed by atoms with E-state index in [0.29, 0.717) is 12.4 Å². The van der Waals surface area contributed by atoms with Crippen LogP contribution in [0.1, 0.15) is 43.9 Å². The molecule has 1 N–H and O–H groups in total. The number of anilines is 1. The van der Waals surface area contributed by atoms with Crippen molar-refractivity contribution in [2.75, 3.05) is 23.9 Å². The van der Waals surface area contributed by atoms with Crippen LogP contribution in [0.4, 0.5) is 10.6 Å². The Labute approximate surface area is 135 Å². The molecule has 124 valence electrons. The summed E-state index contributed by atoms with van der Waals surface area (Å²) in [7, 11) is -3.11. The SMILES string of the molecule is CC(C)c1scnc1NC(=O)N1CCCCC1CS(C)(=O)=O. The maximum Gasteiger partial charge on any atom is 0.323 e. The Hall–Kier alpha value is -1.15. The van der Waals surface area contributed by atoms with Crippen molar-refractivity contribution in [3.05, 3.63) is 10.4 Å². The summed E-state index contributed by atoms with van der Waals surface area (Å²) in [4.78, 5) is 19.4. The molecule has 1 atom stereocenters. The van der Waals surface area contributed by atoms with Crippen molar-refractivity contribution in [3.63, 3.8) is 0 Å². The van der Waals surface area contributed by atoms with Gasteiger partial charge in [-0.15, -0.1) is 11.3 Å². The second kappa shape index (κ2) is 6.95. The molecule has 1 unspecified atom stereocenters. The second-order valence-electron chi connectivity index (χ2n) is 6.09. The summed E-state index contributed by atoms with van der Waals surface area (Å²) in [6.45, 7) is 4.69. The lowest BCUT2D eigenvalue weighted by Gasteiger charge is -2.35. The second-order valence-corrected chi connectivity index (χ2v) is 9.16. The Morgan fingerprint density at radius 2 is 2.23 bits per heavy atom. The smallest absolute Gasteiger partial charge is 0.320 e. The van der Waals surface area contributed by atoms with E-state index in [4.69, 9.17) is 0 Å². The van der Waals surface area contributed by atoms with Gasteiger partial charge in [-0.05, 0) is 25.2 Å². The highest BCUT2D eigenvalue weighted by molar-refractivity contribution is 7.90. The van der Waals surface area contributed by atoms with Gasteiger partial charge in [0.1, 0.15) is 15.7 Å². The molecule has 1 fully saturated rings. The fourth-order valence-electron chi connectivity index (χ4n) is 2.72. The minimum absolute atomic E-state index is 0.0223. The van der Waals surface area contributed by atoms with Crippen LogP contribution in [0.25, 0.3) is 0 Å². The lowest BCUT2D eigenvalue weighted by atomic mass is 10.0. The minimum atomic E-state index is -3.11. The van der Waals surface area contributed by atoms with Crippen LogP contribution >= 0.6 is 11.3 Å². The van der Waals surface area contributed by atoms with Crippen LogP contribution < -0.4 is 5.32 Å². The van der Waals surface area contributed by atoms with Gasteiger partial charge in [-0.25, -0.2) is 18.2 Å². The Bertz CT molecular complexity index is 625. The number of urea groups is 1. The summed E-state index contributed by atoms with van der Waals surface area (Å²) in [5.74, 6) is 0.902. The summed E-state index contributed by atoms with van der Waals surface area (Å²) >= 11 is 1.52. The number of nitrogens with one attached hydrogen (secondary N) is 1. The van der Waals surface area contributed by atoms with Crippen molar-refractivity contribution in [2.45, 2.75) is 45.1 Å². The van der Waals surface area contributed by atoms with E-state index in [1.54, 1.807) is 10.4 Å². The number of sulfone groups is 1. The maximum absolute atomic E-state index is 12.5. The molecular formula is C14H23N3O3S2. The van der Waals surface area contributed by atoms with Gasteiger partial charge in [0, 0.05) is 18.8 Å². The molecule has 1 saturated heterocycles. The first kappa shape index (κ1) is 17.2. The van der Waals surface area contributed by atoms with Crippen LogP contribution in [0.15, 0.2) is 5.51 Å². The Morgan fingerprint density at radius 3 is 2.86 bits per heavy atom. The molecule has 0 spiro atoms. The molecule has 2 amide bonds. The number of aromatic nitrogens is 1. The number of carbonyl (C=O) groups is 1. The third kappa shape index (κ3) is 4.42. The van der Waals surface area contributed by atoms with Crippen LogP contribution in [-0.2, 0) is 9.84 Å². The fourth-order valence-corrected chi connectivity index (χ4v) is 4.53. The van der Waals surface area contributed by atoms with Crippen molar-refractivity contribution in [1.82, 2.24) is 9.88 Å². The van der Waals surface area contributed by atoms with Gasteiger partial charge < -0.3 is 4.90 Å². The first-order valence-electron chi connectivity index (χ1n) is 7.46. The zero-order valence-electron chi connectivity index (χ0n) is 13.2. The number of hydrogen-bond acceptors (Lipinski definition) is 5. The summed E-state index contributed by atoms with van der Waals surface area (Å²) < 4.78 is 23.1. The van der Waals surface area contributed by atoms with Gasteiger partial charge in [-0.3, -0.25) is 5.32 Å². The zero-order chi connectivity index (χ0) is 16.3. The number of rotatable bonds is 4. The molecule has 22 heavy (non-hydrogen) atoms. The molecule has 0 saturated carbocycles. The molecule has 0 aliphatic carbocycles. The molecule has 1 aromatic rings. The van der Waals surface area contributed by atoms with Crippen molar-refractivity contribution < 1.29 is 13.2 Å². The van der Waals surface area contributed by atoms with Crippen LogP contribution in [0.5, 0.6) is 0 Å². The zero-order valence-corrected chi connectivity index (χ0v) is 14.8. The first-order chi connectivity index (χ1) is 10.3. The monoisotopic (exact) mass is 345 g/mol. The predicted octanol–water partition coefficient (Wildman–Crippen LogP) is 2.70. The predicted molar refractivity (Wildman–Crippen MR) is 89.3 cm³/mol. The number of carbonyl (C=O) groups excluding carboxylic acids is 1. The van der Waals surface area contributed by atoms with Crippen molar-refractivity contribution in [3.8, 4) is 0 Å². The van der Waals surface area contributed by atoms with E-state index in [1.807, 2.05) is 0 Å². The molecule has 6 nitrogen and oxygen atoms in total. The van der Waals surface area contributed by atoms with E-state index in [0.717, 1.165) is 24.1 Å². The van der Waals surface area contributed by atoms with E-state index < -0.39 is 9.84 Å². The van der Waals surface area contributed by atoms with Gasteiger partial charge in [0.2, 0.25) is 0 Å². The molecule has 1 aromatic heterocycles. The average molecular weight is 345 g/mol. The normalized spacial score (nSPS) is 19.5. The van der Waals surface area contributed by atoms with Crippen LogP contribution in [0.3, 0.4) is 0 Å². The lowest BCUT2D eigenvalue weighted by Crippen LogP contribution is -2.48. The molecule has 0 bridgehead atoms. The van der Waals surface area contributed by atoms with Gasteiger partial charge in [0.15, 0.2) is 0 Å². The summed E-state index contributed by atoms with van der Waals surface area (Å²) in [6, 6.07) is -0.494. The number of amides is 2. The molecule has 8 heteroatoms. The minimum Gasteiger partial charge on any atom is -0.320 e. The van der Waals surface area contributed by atoms with Crippen molar-refractivity contribution >= 4 is 33.0 Å². The topological polar surface area (TPSA) is 79.4 Å². The van der Waals surface area contributed by atoms with E-state index >= 15 is 0 Å². The standard InChI is InChI=1S/C14H23N3O3S2/c1-10(2)12-13(15-9-21-12)16-14(18)17-7-5-4-6-11(17)8-22(3,19)20/h9-11H,4-8H2,1-3H3,(H,16,18). The highest BCUT2D eigenvalue weighted by Gasteiger charge is 2.30. The molecular weight excluding hydrogens is 322 g/mol. The Kier molecular flexibility index (Phi) is 5.44. The Morgan fingerprint density at radius 1 is 1.50 bits per heavy atom. The molecule has 0 radical (unpaired) electrons. The highest BCUT2D eigenvalue weighted by atomic mass is 32.2. The van der Waals surface area contributed by atoms with Gasteiger partial charge in [-0.1, -0.05) is 13.8 Å².